The molecule has 2 nitrogen and oxygen atoms in total. The highest BCUT2D eigenvalue weighted by atomic mass is 32.1. The summed E-state index contributed by atoms with van der Waals surface area (Å²) in [4.78, 5) is 7.25. The van der Waals surface area contributed by atoms with E-state index < -0.39 is 0 Å². The molecule has 1 fully saturated rings. The van der Waals surface area contributed by atoms with E-state index >= 15 is 0 Å². The summed E-state index contributed by atoms with van der Waals surface area (Å²) in [5.41, 5.74) is 6.05. The molecule has 2 aliphatic rings. The molecular formula is C42H58N2S. The molecule has 1 heterocycles. The number of hydrogen-bond acceptors (Lipinski definition) is 3. The molecule has 0 bridgehead atoms. The third-order valence-electron chi connectivity index (χ3n) is 9.98. The van der Waals surface area contributed by atoms with Crippen LogP contribution in [0.2, 0.25) is 0 Å². The molecule has 3 heteroatoms. The van der Waals surface area contributed by atoms with E-state index in [9.17, 15) is 0 Å². The van der Waals surface area contributed by atoms with Crippen molar-refractivity contribution in [3.05, 3.63) is 113 Å². The maximum atomic E-state index is 4.70. The van der Waals surface area contributed by atoms with E-state index in [0.717, 1.165) is 41.9 Å². The highest BCUT2D eigenvalue weighted by Gasteiger charge is 2.28. The van der Waals surface area contributed by atoms with Crippen molar-refractivity contribution in [2.75, 3.05) is 0 Å². The van der Waals surface area contributed by atoms with Gasteiger partial charge in [0.2, 0.25) is 0 Å². The van der Waals surface area contributed by atoms with Crippen molar-refractivity contribution in [1.82, 2.24) is 5.32 Å². The lowest BCUT2D eigenvalue weighted by Gasteiger charge is -2.35. The Labute approximate surface area is 279 Å². The van der Waals surface area contributed by atoms with Crippen molar-refractivity contribution in [3.63, 3.8) is 0 Å². The van der Waals surface area contributed by atoms with Gasteiger partial charge in [0.25, 0.3) is 0 Å². The van der Waals surface area contributed by atoms with Crippen molar-refractivity contribution < 1.29 is 0 Å². The van der Waals surface area contributed by atoms with E-state index in [1.807, 2.05) is 35.9 Å². The Hall–Kier alpha value is -2.91. The van der Waals surface area contributed by atoms with Crippen molar-refractivity contribution >= 4 is 23.2 Å². The first-order valence-electron chi connectivity index (χ1n) is 17.5. The van der Waals surface area contributed by atoms with E-state index in [-0.39, 0.29) is 11.5 Å². The van der Waals surface area contributed by atoms with Crippen molar-refractivity contribution in [2.24, 2.45) is 22.7 Å². The third kappa shape index (κ3) is 10.6. The Morgan fingerprint density at radius 1 is 1.00 bits per heavy atom. The summed E-state index contributed by atoms with van der Waals surface area (Å²) in [7, 11) is 0. The van der Waals surface area contributed by atoms with Gasteiger partial charge in [0.05, 0.1) is 0 Å². The van der Waals surface area contributed by atoms with Gasteiger partial charge in [-0.1, -0.05) is 122 Å². The van der Waals surface area contributed by atoms with E-state index in [1.54, 1.807) is 0 Å². The number of hydrogen-bond donors (Lipinski definition) is 1. The molecular weight excluding hydrogens is 565 g/mol. The predicted octanol–water partition coefficient (Wildman–Crippen LogP) is 12.0. The molecule has 0 spiro atoms. The Balaban J connectivity index is 1.25. The van der Waals surface area contributed by atoms with Crippen LogP contribution in [0.3, 0.4) is 0 Å². The fraction of sp³-hybridized carbons (Fsp3) is 0.500. The van der Waals surface area contributed by atoms with Gasteiger partial charge in [-0.15, -0.1) is 17.9 Å². The number of rotatable bonds is 15. The van der Waals surface area contributed by atoms with Crippen LogP contribution in [-0.4, -0.2) is 12.3 Å². The Morgan fingerprint density at radius 3 is 2.36 bits per heavy atom. The quantitative estimate of drug-likeness (QED) is 0.0908. The van der Waals surface area contributed by atoms with E-state index in [4.69, 9.17) is 4.99 Å². The molecule has 0 amide bonds. The SMILES string of the molecule is C=C/C(=C\N=Cc1ccc(C[C@@H](C=C)NC(=C)c2ccc(C(C)(C)C)s2)cc1)C1=CCC(C2CCC(CCCCC)CC2)CC1. The van der Waals surface area contributed by atoms with Crippen molar-refractivity contribution in [3.8, 4) is 0 Å². The van der Waals surface area contributed by atoms with Crippen LogP contribution in [0.15, 0.2) is 96.7 Å². The maximum absolute atomic E-state index is 4.70. The first-order valence-corrected chi connectivity index (χ1v) is 18.3. The summed E-state index contributed by atoms with van der Waals surface area (Å²) >= 11 is 1.81. The normalized spacial score (nSPS) is 21.7. The van der Waals surface area contributed by atoms with Crippen molar-refractivity contribution in [1.29, 1.82) is 0 Å². The van der Waals surface area contributed by atoms with Gasteiger partial charge >= 0.3 is 0 Å². The fourth-order valence-corrected chi connectivity index (χ4v) is 8.03. The molecule has 45 heavy (non-hydrogen) atoms. The standard InChI is InChI=1S/C42H58N2S/c1-8-11-12-13-32-18-20-37(21-19-32)38-24-22-36(23-25-38)35(9-2)30-43-29-34-16-14-33(15-17-34)28-39(10-3)44-31(4)40-26-27-41(45-40)42(5,6)7/h9-10,14-17,22,26-27,29-30,32,37-39,44H,2-4,8,11-13,18-21,23-25,28H2,1,5-7H3/b35-30+,43-29?/t32?,37?,38?,39-/m1/s1. The molecule has 1 saturated carbocycles. The smallest absolute Gasteiger partial charge is 0.0499 e. The summed E-state index contributed by atoms with van der Waals surface area (Å²) in [6, 6.07) is 13.2. The predicted molar refractivity (Wildman–Crippen MR) is 200 cm³/mol. The lowest BCUT2D eigenvalue weighted by Crippen LogP contribution is -2.27. The van der Waals surface area contributed by atoms with E-state index in [1.165, 1.54) is 90.7 Å². The van der Waals surface area contributed by atoms with E-state index in [2.05, 4.69) is 95.2 Å². The average Bonchev–Trinajstić information content (AvgIpc) is 3.56. The highest BCUT2D eigenvalue weighted by molar-refractivity contribution is 7.13. The number of aliphatic imine (C=N–C) groups is 1. The van der Waals surface area contributed by atoms with Crippen LogP contribution in [0, 0.1) is 17.8 Å². The van der Waals surface area contributed by atoms with Gasteiger partial charge in [-0.2, -0.15) is 0 Å². The molecule has 0 saturated heterocycles. The van der Waals surface area contributed by atoms with Crippen molar-refractivity contribution in [2.45, 2.75) is 116 Å². The van der Waals surface area contributed by atoms with Gasteiger partial charge in [-0.3, -0.25) is 4.99 Å². The van der Waals surface area contributed by atoms with Gasteiger partial charge in [0, 0.05) is 33.9 Å². The maximum Gasteiger partial charge on any atom is 0.0499 e. The van der Waals surface area contributed by atoms with Gasteiger partial charge in [0.15, 0.2) is 0 Å². The molecule has 1 N–H and O–H groups in total. The zero-order chi connectivity index (χ0) is 32.2. The second kappa shape index (κ2) is 17.1. The largest absolute Gasteiger partial charge is 0.378 e. The van der Waals surface area contributed by atoms with E-state index in [0.29, 0.717) is 0 Å². The second-order valence-corrected chi connectivity index (χ2v) is 15.5. The lowest BCUT2D eigenvalue weighted by molar-refractivity contribution is 0.185. The van der Waals surface area contributed by atoms with Crippen LogP contribution >= 0.6 is 11.3 Å². The van der Waals surface area contributed by atoms with Gasteiger partial charge < -0.3 is 5.32 Å². The number of benzene rings is 1. The molecule has 1 unspecified atom stereocenters. The minimum atomic E-state index is 0.115. The molecule has 0 radical (unpaired) electrons. The molecule has 2 atom stereocenters. The molecule has 1 aromatic carbocycles. The number of thiophene rings is 1. The summed E-state index contributed by atoms with van der Waals surface area (Å²) in [6.45, 7) is 21.5. The molecule has 2 aliphatic carbocycles. The number of nitrogens with one attached hydrogen (secondary N) is 1. The van der Waals surface area contributed by atoms with Crippen LogP contribution in [0.25, 0.3) is 5.70 Å². The highest BCUT2D eigenvalue weighted by Crippen LogP contribution is 2.41. The summed E-state index contributed by atoms with van der Waals surface area (Å²) in [6.07, 6.45) is 26.4. The zero-order valence-electron chi connectivity index (χ0n) is 28.6. The average molecular weight is 623 g/mol. The van der Waals surface area contributed by atoms with Gasteiger partial charge in [-0.05, 0) is 96.1 Å². The van der Waals surface area contributed by atoms with Crippen LogP contribution < -0.4 is 5.32 Å². The van der Waals surface area contributed by atoms with Crippen LogP contribution in [-0.2, 0) is 11.8 Å². The summed E-state index contributed by atoms with van der Waals surface area (Å²) in [5, 5.41) is 3.58. The molecule has 1 aromatic heterocycles. The zero-order valence-corrected chi connectivity index (χ0v) is 29.4. The third-order valence-corrected chi connectivity index (χ3v) is 11.5. The first-order chi connectivity index (χ1) is 21.7. The second-order valence-electron chi connectivity index (χ2n) is 14.4. The Morgan fingerprint density at radius 2 is 1.76 bits per heavy atom. The number of nitrogens with zero attached hydrogens (tertiary/aromatic N) is 1. The lowest BCUT2D eigenvalue weighted by atomic mass is 9.70. The van der Waals surface area contributed by atoms with Crippen LogP contribution in [0.1, 0.15) is 119 Å². The Kier molecular flexibility index (Phi) is 13.3. The summed E-state index contributed by atoms with van der Waals surface area (Å²) in [5.74, 6) is 2.79. The molecule has 242 valence electrons. The summed E-state index contributed by atoms with van der Waals surface area (Å²) < 4.78 is 0. The van der Waals surface area contributed by atoms with Gasteiger partial charge in [0.1, 0.15) is 0 Å². The molecule has 0 aliphatic heterocycles. The monoisotopic (exact) mass is 622 g/mol. The minimum absolute atomic E-state index is 0.115. The Bertz CT molecular complexity index is 1340. The molecule has 4 rings (SSSR count). The van der Waals surface area contributed by atoms with Crippen LogP contribution in [0.4, 0.5) is 0 Å². The fourth-order valence-electron chi connectivity index (χ4n) is 7.03. The minimum Gasteiger partial charge on any atom is -0.378 e. The number of allylic oxidation sites excluding steroid dienone is 4. The first kappa shape index (κ1) is 35.0. The van der Waals surface area contributed by atoms with Crippen LogP contribution in [0.5, 0.6) is 0 Å². The number of unbranched alkanes of at least 4 members (excludes halogenated alkanes) is 2. The topological polar surface area (TPSA) is 24.4 Å². The van der Waals surface area contributed by atoms with Gasteiger partial charge in [-0.25, -0.2) is 0 Å². The molecule has 2 aromatic rings.